The van der Waals surface area contributed by atoms with Crippen LogP contribution in [0.25, 0.3) is 0 Å². The summed E-state index contributed by atoms with van der Waals surface area (Å²) in [7, 11) is 0. The first kappa shape index (κ1) is 16.2. The molecule has 0 unspecified atom stereocenters. The Labute approximate surface area is 112 Å². The summed E-state index contributed by atoms with van der Waals surface area (Å²) in [5.74, 6) is 0. The molecule has 0 aliphatic rings. The third-order valence-corrected chi connectivity index (χ3v) is 2.37. The molecule has 0 spiro atoms. The molecule has 0 nitrogen and oxygen atoms in total. The van der Waals surface area contributed by atoms with Crippen molar-refractivity contribution < 1.29 is 0 Å². The Bertz CT molecular complexity index is 411. The van der Waals surface area contributed by atoms with E-state index in [4.69, 9.17) is 0 Å². The van der Waals surface area contributed by atoms with Crippen molar-refractivity contribution in [1.82, 2.24) is 0 Å². The van der Waals surface area contributed by atoms with Crippen LogP contribution in [0.2, 0.25) is 0 Å². The summed E-state index contributed by atoms with van der Waals surface area (Å²) in [4.78, 5) is 0. The lowest BCUT2D eigenvalue weighted by Gasteiger charge is -2.00. The molecular formula is C18H24. The fourth-order valence-corrected chi connectivity index (χ4v) is 1.19. The molecule has 0 aliphatic carbocycles. The number of rotatable bonds is 8. The molecule has 0 atom stereocenters. The van der Waals surface area contributed by atoms with E-state index in [2.05, 4.69) is 38.5 Å². The summed E-state index contributed by atoms with van der Waals surface area (Å²) in [6.45, 7) is 19.7. The van der Waals surface area contributed by atoms with E-state index in [9.17, 15) is 0 Å². The maximum absolute atomic E-state index is 4.01. The van der Waals surface area contributed by atoms with Crippen LogP contribution in [0.1, 0.15) is 26.7 Å². The fraction of sp³-hybridized carbons (Fsp3) is 0.222. The average Bonchev–Trinajstić information content (AvgIpc) is 2.33. The van der Waals surface area contributed by atoms with Crippen molar-refractivity contribution in [2.24, 2.45) is 0 Å². The minimum atomic E-state index is 0.899. The molecule has 0 fully saturated rings. The molecular weight excluding hydrogens is 216 g/mol. The van der Waals surface area contributed by atoms with E-state index in [0.29, 0.717) is 0 Å². The number of hydrogen-bond donors (Lipinski definition) is 0. The molecule has 0 N–H and O–H groups in total. The molecule has 0 radical (unpaired) electrons. The zero-order chi connectivity index (χ0) is 14.0. The molecule has 0 aromatic heterocycles. The average molecular weight is 240 g/mol. The van der Waals surface area contributed by atoms with E-state index in [-0.39, 0.29) is 0 Å². The summed E-state index contributed by atoms with van der Waals surface area (Å²) in [6, 6.07) is 0. The summed E-state index contributed by atoms with van der Waals surface area (Å²) in [6.07, 6.45) is 14.0. The van der Waals surface area contributed by atoms with Crippen LogP contribution in [-0.4, -0.2) is 0 Å². The molecule has 0 bridgehead atoms. The van der Waals surface area contributed by atoms with Crippen molar-refractivity contribution in [3.05, 3.63) is 85.1 Å². The minimum Gasteiger partial charge on any atom is -0.0961 e. The molecule has 0 amide bonds. The summed E-state index contributed by atoms with van der Waals surface area (Å²) in [5, 5.41) is 0. The van der Waals surface area contributed by atoms with E-state index < -0.39 is 0 Å². The van der Waals surface area contributed by atoms with Crippen molar-refractivity contribution in [3.63, 3.8) is 0 Å². The molecule has 0 saturated heterocycles. The largest absolute Gasteiger partial charge is 0.0961 e. The van der Waals surface area contributed by atoms with Gasteiger partial charge in [0.05, 0.1) is 0 Å². The van der Waals surface area contributed by atoms with Crippen LogP contribution in [0.4, 0.5) is 0 Å². The fourth-order valence-electron chi connectivity index (χ4n) is 1.19. The first-order valence-electron chi connectivity index (χ1n) is 6.16. The monoisotopic (exact) mass is 240 g/mol. The van der Waals surface area contributed by atoms with Crippen molar-refractivity contribution in [2.45, 2.75) is 26.7 Å². The van der Waals surface area contributed by atoms with Crippen LogP contribution in [0, 0.1) is 0 Å². The highest BCUT2D eigenvalue weighted by Gasteiger charge is 1.92. The Morgan fingerprint density at radius 3 is 1.94 bits per heavy atom. The van der Waals surface area contributed by atoms with E-state index >= 15 is 0 Å². The van der Waals surface area contributed by atoms with Gasteiger partial charge in [-0.15, -0.1) is 0 Å². The van der Waals surface area contributed by atoms with Crippen LogP contribution in [0.3, 0.4) is 0 Å². The highest BCUT2D eigenvalue weighted by atomic mass is 14.0. The maximum atomic E-state index is 4.01. The van der Waals surface area contributed by atoms with Gasteiger partial charge >= 0.3 is 0 Å². The molecule has 96 valence electrons. The Hall–Kier alpha value is -1.82. The van der Waals surface area contributed by atoms with Crippen LogP contribution in [0.5, 0.6) is 0 Å². The van der Waals surface area contributed by atoms with Crippen LogP contribution < -0.4 is 0 Å². The molecule has 0 aromatic rings. The first-order valence-corrected chi connectivity index (χ1v) is 6.16. The van der Waals surface area contributed by atoms with Crippen molar-refractivity contribution >= 4 is 0 Å². The molecule has 0 aromatic carbocycles. The van der Waals surface area contributed by atoms with Gasteiger partial charge in [0, 0.05) is 0 Å². The van der Waals surface area contributed by atoms with Gasteiger partial charge in [0.1, 0.15) is 0 Å². The Morgan fingerprint density at radius 2 is 1.44 bits per heavy atom. The lowest BCUT2D eigenvalue weighted by Crippen LogP contribution is -1.80. The Balaban J connectivity index is 4.26. The minimum absolute atomic E-state index is 0.899. The van der Waals surface area contributed by atoms with Crippen LogP contribution >= 0.6 is 0 Å². The SMILES string of the molecule is C=C(C)/C=C\C(=C)C(=C)/C=C\C(=C)CC/C=C/C. The molecule has 0 heterocycles. The highest BCUT2D eigenvalue weighted by molar-refractivity contribution is 5.45. The lowest BCUT2D eigenvalue weighted by atomic mass is 10.1. The van der Waals surface area contributed by atoms with Crippen LogP contribution in [-0.2, 0) is 0 Å². The Kier molecular flexibility index (Phi) is 8.30. The quantitative estimate of drug-likeness (QED) is 0.377. The van der Waals surface area contributed by atoms with Gasteiger partial charge in [-0.05, 0) is 37.8 Å². The van der Waals surface area contributed by atoms with E-state index in [1.54, 1.807) is 0 Å². The second-order valence-electron chi connectivity index (χ2n) is 4.33. The van der Waals surface area contributed by atoms with E-state index in [1.165, 1.54) is 0 Å². The first-order chi connectivity index (χ1) is 8.47. The van der Waals surface area contributed by atoms with E-state index in [1.807, 2.05) is 38.2 Å². The smallest absolute Gasteiger partial charge is 0.0250 e. The second kappa shape index (κ2) is 9.23. The third-order valence-electron chi connectivity index (χ3n) is 2.37. The van der Waals surface area contributed by atoms with Gasteiger partial charge in [0.2, 0.25) is 0 Å². The van der Waals surface area contributed by atoms with Gasteiger partial charge in [-0.2, -0.15) is 0 Å². The van der Waals surface area contributed by atoms with Gasteiger partial charge < -0.3 is 0 Å². The molecule has 0 saturated carbocycles. The molecule has 0 aliphatic heterocycles. The summed E-state index contributed by atoms with van der Waals surface area (Å²) in [5.41, 5.74) is 3.91. The number of allylic oxidation sites excluding steroid dienone is 10. The molecule has 0 rings (SSSR count). The van der Waals surface area contributed by atoms with Crippen LogP contribution in [0.15, 0.2) is 85.1 Å². The zero-order valence-corrected chi connectivity index (χ0v) is 11.7. The number of hydrogen-bond acceptors (Lipinski definition) is 0. The molecule has 0 heteroatoms. The zero-order valence-electron chi connectivity index (χ0n) is 11.7. The van der Waals surface area contributed by atoms with Gasteiger partial charge in [-0.1, -0.05) is 73.9 Å². The predicted octanol–water partition coefficient (Wildman–Crippen LogP) is 5.70. The summed E-state index contributed by atoms with van der Waals surface area (Å²) < 4.78 is 0. The van der Waals surface area contributed by atoms with Crippen molar-refractivity contribution in [3.8, 4) is 0 Å². The van der Waals surface area contributed by atoms with Gasteiger partial charge in [-0.3, -0.25) is 0 Å². The van der Waals surface area contributed by atoms with E-state index in [0.717, 1.165) is 35.1 Å². The van der Waals surface area contributed by atoms with Gasteiger partial charge in [0.25, 0.3) is 0 Å². The van der Waals surface area contributed by atoms with Crippen molar-refractivity contribution in [2.75, 3.05) is 0 Å². The lowest BCUT2D eigenvalue weighted by molar-refractivity contribution is 1.01. The van der Waals surface area contributed by atoms with Gasteiger partial charge in [0.15, 0.2) is 0 Å². The maximum Gasteiger partial charge on any atom is -0.0250 e. The topological polar surface area (TPSA) is 0 Å². The van der Waals surface area contributed by atoms with Crippen molar-refractivity contribution in [1.29, 1.82) is 0 Å². The highest BCUT2D eigenvalue weighted by Crippen LogP contribution is 2.12. The standard InChI is InChI=1S/C18H24/c1-7-8-9-10-16(4)12-14-18(6)17(5)13-11-15(2)3/h7-8,11-14H,2,4-6,9-10H2,1,3H3/b8-7+,13-11-,14-12-. The molecule has 18 heavy (non-hydrogen) atoms. The predicted molar refractivity (Wildman–Crippen MR) is 84.6 cm³/mol. The second-order valence-corrected chi connectivity index (χ2v) is 4.33. The normalized spacial score (nSPS) is 11.4. The third kappa shape index (κ3) is 8.35. The summed E-state index contributed by atoms with van der Waals surface area (Å²) >= 11 is 0. The Morgan fingerprint density at radius 1 is 0.889 bits per heavy atom. The van der Waals surface area contributed by atoms with Gasteiger partial charge in [-0.25, -0.2) is 0 Å².